The van der Waals surface area contributed by atoms with E-state index in [9.17, 15) is 9.59 Å². The third kappa shape index (κ3) is 4.83. The lowest BCUT2D eigenvalue weighted by Crippen LogP contribution is -2.27. The number of carbonyl (C=O) groups excluding carboxylic acids is 1. The van der Waals surface area contributed by atoms with Gasteiger partial charge in [0.2, 0.25) is 0 Å². The van der Waals surface area contributed by atoms with Crippen molar-refractivity contribution < 1.29 is 24.2 Å². The SMILES string of the molecule is COc1csc(C(=O)NCCOCC(=O)O)c1. The van der Waals surface area contributed by atoms with Crippen molar-refractivity contribution in [1.82, 2.24) is 5.32 Å². The fourth-order valence-electron chi connectivity index (χ4n) is 1.03. The van der Waals surface area contributed by atoms with Crippen LogP contribution in [0.1, 0.15) is 9.67 Å². The van der Waals surface area contributed by atoms with Crippen molar-refractivity contribution in [3.8, 4) is 5.75 Å². The zero-order valence-corrected chi connectivity index (χ0v) is 10.1. The number of ether oxygens (including phenoxy) is 2. The average Bonchev–Trinajstić information content (AvgIpc) is 2.76. The molecule has 1 amide bonds. The van der Waals surface area contributed by atoms with Gasteiger partial charge in [-0.1, -0.05) is 0 Å². The maximum Gasteiger partial charge on any atom is 0.329 e. The molecule has 0 spiro atoms. The molecule has 0 radical (unpaired) electrons. The van der Waals surface area contributed by atoms with Gasteiger partial charge in [0.05, 0.1) is 18.6 Å². The molecule has 0 aliphatic rings. The van der Waals surface area contributed by atoms with Gasteiger partial charge in [0.25, 0.3) is 5.91 Å². The van der Waals surface area contributed by atoms with Crippen molar-refractivity contribution in [2.45, 2.75) is 0 Å². The molecule has 0 unspecified atom stereocenters. The first kappa shape index (κ1) is 13.5. The number of aliphatic carboxylic acids is 1. The van der Waals surface area contributed by atoms with E-state index < -0.39 is 5.97 Å². The van der Waals surface area contributed by atoms with Crippen LogP contribution in [0.15, 0.2) is 11.4 Å². The second kappa shape index (κ2) is 6.87. The summed E-state index contributed by atoms with van der Waals surface area (Å²) in [6.07, 6.45) is 0. The lowest BCUT2D eigenvalue weighted by atomic mass is 10.4. The minimum atomic E-state index is -1.03. The van der Waals surface area contributed by atoms with Crippen molar-refractivity contribution in [3.63, 3.8) is 0 Å². The van der Waals surface area contributed by atoms with E-state index in [1.807, 2.05) is 0 Å². The lowest BCUT2D eigenvalue weighted by molar-refractivity contribution is -0.142. The summed E-state index contributed by atoms with van der Waals surface area (Å²) >= 11 is 1.28. The molecular weight excluding hydrogens is 246 g/mol. The summed E-state index contributed by atoms with van der Waals surface area (Å²) in [7, 11) is 1.53. The molecule has 17 heavy (non-hydrogen) atoms. The fourth-order valence-corrected chi connectivity index (χ4v) is 1.80. The predicted octanol–water partition coefficient (Wildman–Crippen LogP) is 0.588. The highest BCUT2D eigenvalue weighted by Gasteiger charge is 2.08. The maximum absolute atomic E-state index is 11.5. The number of methoxy groups -OCH3 is 1. The molecule has 1 heterocycles. The number of hydrogen-bond acceptors (Lipinski definition) is 5. The predicted molar refractivity (Wildman–Crippen MR) is 61.7 cm³/mol. The van der Waals surface area contributed by atoms with Gasteiger partial charge in [-0.3, -0.25) is 4.79 Å². The molecule has 0 aliphatic heterocycles. The topological polar surface area (TPSA) is 84.9 Å². The number of hydrogen-bond donors (Lipinski definition) is 2. The highest BCUT2D eigenvalue weighted by atomic mass is 32.1. The quantitative estimate of drug-likeness (QED) is 0.700. The van der Waals surface area contributed by atoms with Crippen molar-refractivity contribution >= 4 is 23.2 Å². The molecule has 0 saturated carbocycles. The molecule has 0 aliphatic carbocycles. The van der Waals surface area contributed by atoms with Gasteiger partial charge in [-0.2, -0.15) is 0 Å². The average molecular weight is 259 g/mol. The largest absolute Gasteiger partial charge is 0.496 e. The van der Waals surface area contributed by atoms with Gasteiger partial charge in [0.1, 0.15) is 12.4 Å². The van der Waals surface area contributed by atoms with E-state index in [2.05, 4.69) is 5.32 Å². The summed E-state index contributed by atoms with van der Waals surface area (Å²) in [5.74, 6) is -0.612. The van der Waals surface area contributed by atoms with Crippen molar-refractivity contribution in [2.24, 2.45) is 0 Å². The summed E-state index contributed by atoms with van der Waals surface area (Å²) in [5, 5.41) is 12.6. The molecule has 1 aromatic heterocycles. The third-order valence-corrected chi connectivity index (χ3v) is 2.70. The van der Waals surface area contributed by atoms with E-state index >= 15 is 0 Å². The first-order chi connectivity index (χ1) is 8.13. The van der Waals surface area contributed by atoms with Gasteiger partial charge in [0.15, 0.2) is 0 Å². The van der Waals surface area contributed by atoms with Gasteiger partial charge in [-0.05, 0) is 0 Å². The molecule has 6 nitrogen and oxygen atoms in total. The zero-order valence-electron chi connectivity index (χ0n) is 9.26. The number of thiophene rings is 1. The number of carboxylic acids is 1. The Kier molecular flexibility index (Phi) is 5.44. The number of carboxylic acid groups (broad SMARTS) is 1. The van der Waals surface area contributed by atoms with Crippen LogP contribution in [-0.2, 0) is 9.53 Å². The van der Waals surface area contributed by atoms with Gasteiger partial charge in [-0.15, -0.1) is 11.3 Å². The monoisotopic (exact) mass is 259 g/mol. The smallest absolute Gasteiger partial charge is 0.329 e. The van der Waals surface area contributed by atoms with Crippen LogP contribution in [0.5, 0.6) is 5.75 Å². The summed E-state index contributed by atoms with van der Waals surface area (Å²) < 4.78 is 9.73. The Morgan fingerprint density at radius 3 is 2.88 bits per heavy atom. The van der Waals surface area contributed by atoms with Crippen molar-refractivity contribution in [1.29, 1.82) is 0 Å². The third-order valence-electron chi connectivity index (χ3n) is 1.79. The van der Waals surface area contributed by atoms with E-state index in [-0.39, 0.29) is 25.7 Å². The maximum atomic E-state index is 11.5. The lowest BCUT2D eigenvalue weighted by Gasteiger charge is -2.03. The normalized spacial score (nSPS) is 9.94. The number of rotatable bonds is 7. The highest BCUT2D eigenvalue weighted by Crippen LogP contribution is 2.20. The molecule has 0 aromatic carbocycles. The Balaban J connectivity index is 2.23. The molecule has 0 fully saturated rings. The Morgan fingerprint density at radius 1 is 1.53 bits per heavy atom. The molecule has 0 atom stereocenters. The Labute approximate surface area is 102 Å². The van der Waals surface area contributed by atoms with Crippen LogP contribution in [0.3, 0.4) is 0 Å². The van der Waals surface area contributed by atoms with Gasteiger partial charge < -0.3 is 19.9 Å². The van der Waals surface area contributed by atoms with Crippen molar-refractivity contribution in [3.05, 3.63) is 16.3 Å². The Hall–Kier alpha value is -1.60. The van der Waals surface area contributed by atoms with Crippen LogP contribution < -0.4 is 10.1 Å². The number of nitrogens with one attached hydrogen (secondary N) is 1. The molecule has 94 valence electrons. The van der Waals surface area contributed by atoms with Gasteiger partial charge in [-0.25, -0.2) is 4.79 Å². The molecule has 7 heteroatoms. The molecule has 0 bridgehead atoms. The van der Waals surface area contributed by atoms with Crippen LogP contribution in [-0.4, -0.2) is 43.9 Å². The van der Waals surface area contributed by atoms with Crippen LogP contribution in [0.2, 0.25) is 0 Å². The fraction of sp³-hybridized carbons (Fsp3) is 0.400. The summed E-state index contributed by atoms with van der Waals surface area (Å²) in [5.41, 5.74) is 0. The molecular formula is C10H13NO5S. The van der Waals surface area contributed by atoms with Crippen LogP contribution in [0, 0.1) is 0 Å². The number of amides is 1. The first-order valence-corrected chi connectivity index (χ1v) is 5.71. The first-order valence-electron chi connectivity index (χ1n) is 4.83. The van der Waals surface area contributed by atoms with Crippen LogP contribution in [0.4, 0.5) is 0 Å². The summed E-state index contributed by atoms with van der Waals surface area (Å²) in [6, 6.07) is 1.64. The second-order valence-corrected chi connectivity index (χ2v) is 3.96. The van der Waals surface area contributed by atoms with E-state index in [1.165, 1.54) is 18.4 Å². The minimum absolute atomic E-state index is 0.167. The standard InChI is InChI=1S/C10H13NO5S/c1-15-7-4-8(17-6-7)10(14)11-2-3-16-5-9(12)13/h4,6H,2-3,5H2,1H3,(H,11,14)(H,12,13). The second-order valence-electron chi connectivity index (χ2n) is 3.05. The zero-order chi connectivity index (χ0) is 12.7. The van der Waals surface area contributed by atoms with E-state index in [1.54, 1.807) is 11.4 Å². The van der Waals surface area contributed by atoms with Crippen molar-refractivity contribution in [2.75, 3.05) is 26.9 Å². The van der Waals surface area contributed by atoms with Gasteiger partial charge in [0, 0.05) is 18.0 Å². The summed E-state index contributed by atoms with van der Waals surface area (Å²) in [4.78, 5) is 22.2. The number of carbonyl (C=O) groups is 2. The molecule has 0 saturated heterocycles. The molecule has 1 aromatic rings. The van der Waals surface area contributed by atoms with Crippen LogP contribution >= 0.6 is 11.3 Å². The van der Waals surface area contributed by atoms with Crippen LogP contribution in [0.25, 0.3) is 0 Å². The summed E-state index contributed by atoms with van der Waals surface area (Å²) in [6.45, 7) is 0.0789. The Morgan fingerprint density at radius 2 is 2.29 bits per heavy atom. The van der Waals surface area contributed by atoms with E-state index in [4.69, 9.17) is 14.6 Å². The highest BCUT2D eigenvalue weighted by molar-refractivity contribution is 7.12. The molecule has 1 rings (SSSR count). The minimum Gasteiger partial charge on any atom is -0.496 e. The Bertz CT molecular complexity index is 390. The van der Waals surface area contributed by atoms with E-state index in [0.717, 1.165) is 0 Å². The molecule has 2 N–H and O–H groups in total. The van der Waals surface area contributed by atoms with Gasteiger partial charge >= 0.3 is 5.97 Å². The van der Waals surface area contributed by atoms with E-state index in [0.29, 0.717) is 10.6 Å².